The first-order chi connectivity index (χ1) is 16.5. The monoisotopic (exact) mass is 472 g/mol. The van der Waals surface area contributed by atoms with Gasteiger partial charge in [-0.15, -0.1) is 0 Å². The molecule has 4 aliphatic rings. The van der Waals surface area contributed by atoms with E-state index in [1.807, 2.05) is 4.90 Å². The van der Waals surface area contributed by atoms with E-state index in [4.69, 9.17) is 4.74 Å². The van der Waals surface area contributed by atoms with E-state index in [1.54, 1.807) is 0 Å². The van der Waals surface area contributed by atoms with Crippen LogP contribution in [-0.4, -0.2) is 72.6 Å². The average molecular weight is 473 g/mol. The second kappa shape index (κ2) is 11.9. The largest absolute Gasteiger partial charge is 0.378 e. The second-order valence-electron chi connectivity index (χ2n) is 11.5. The number of hydrogen-bond donors (Lipinski definition) is 1. The molecule has 0 bridgehead atoms. The van der Waals surface area contributed by atoms with Crippen LogP contribution in [0.1, 0.15) is 84.0 Å². The van der Waals surface area contributed by atoms with E-state index in [0.717, 1.165) is 31.7 Å². The quantitative estimate of drug-likeness (QED) is 0.613. The molecule has 4 fully saturated rings. The molecule has 2 amide bonds. The number of carbonyl (C=O) groups is 2. The lowest BCUT2D eigenvalue weighted by Gasteiger charge is -2.35. The van der Waals surface area contributed by atoms with E-state index in [-0.39, 0.29) is 24.2 Å². The molecular formula is C27H44N4O3. The fourth-order valence-corrected chi connectivity index (χ4v) is 6.70. The van der Waals surface area contributed by atoms with Crippen molar-refractivity contribution in [3.63, 3.8) is 0 Å². The molecule has 0 unspecified atom stereocenters. The van der Waals surface area contributed by atoms with Gasteiger partial charge >= 0.3 is 0 Å². The van der Waals surface area contributed by atoms with Gasteiger partial charge in [0.2, 0.25) is 11.8 Å². The van der Waals surface area contributed by atoms with Crippen LogP contribution >= 0.6 is 0 Å². The first-order valence-corrected chi connectivity index (χ1v) is 13.8. The number of carbonyl (C=O) groups excluding carboxylic acids is 2. The van der Waals surface area contributed by atoms with E-state index in [2.05, 4.69) is 23.2 Å². The maximum absolute atomic E-state index is 13.6. The van der Waals surface area contributed by atoms with E-state index in [9.17, 15) is 14.9 Å². The minimum Gasteiger partial charge on any atom is -0.378 e. The molecule has 0 radical (unpaired) electrons. The number of hydrogen-bond acceptors (Lipinski definition) is 5. The Labute approximate surface area is 205 Å². The normalized spacial score (nSPS) is 32.2. The number of nitrogens with zero attached hydrogens (tertiary/aromatic N) is 3. The van der Waals surface area contributed by atoms with Crippen molar-refractivity contribution in [3.8, 4) is 6.07 Å². The summed E-state index contributed by atoms with van der Waals surface area (Å²) in [4.78, 5) is 30.9. The molecule has 2 aliphatic carbocycles. The predicted molar refractivity (Wildman–Crippen MR) is 131 cm³/mol. The smallest absolute Gasteiger partial charge is 0.224 e. The van der Waals surface area contributed by atoms with Crippen LogP contribution in [0.2, 0.25) is 0 Å². The highest BCUT2D eigenvalue weighted by atomic mass is 16.5. The number of morpholine rings is 1. The number of amides is 2. The molecule has 7 heteroatoms. The lowest BCUT2D eigenvalue weighted by atomic mass is 9.81. The molecule has 0 aromatic rings. The van der Waals surface area contributed by atoms with Gasteiger partial charge in [-0.25, -0.2) is 0 Å². The van der Waals surface area contributed by atoms with Crippen molar-refractivity contribution < 1.29 is 14.3 Å². The van der Waals surface area contributed by atoms with Gasteiger partial charge < -0.3 is 15.0 Å². The fraction of sp³-hybridized carbons (Fsp3) is 0.889. The molecule has 4 atom stereocenters. The molecular weight excluding hydrogens is 428 g/mol. The van der Waals surface area contributed by atoms with Crippen molar-refractivity contribution in [1.29, 1.82) is 5.26 Å². The molecule has 0 spiro atoms. The average Bonchev–Trinajstić information content (AvgIpc) is 3.29. The molecule has 2 aliphatic heterocycles. The molecule has 0 aromatic heterocycles. The Hall–Kier alpha value is -1.65. The van der Waals surface area contributed by atoms with Crippen molar-refractivity contribution in [1.82, 2.24) is 15.1 Å². The number of ether oxygens (including phenoxy) is 1. The van der Waals surface area contributed by atoms with Gasteiger partial charge in [0, 0.05) is 44.6 Å². The van der Waals surface area contributed by atoms with Crippen LogP contribution in [0.4, 0.5) is 0 Å². The van der Waals surface area contributed by atoms with Gasteiger partial charge in [0.05, 0.1) is 19.3 Å². The van der Waals surface area contributed by atoms with Gasteiger partial charge in [0.25, 0.3) is 0 Å². The van der Waals surface area contributed by atoms with Crippen molar-refractivity contribution in [2.45, 2.75) is 95.6 Å². The van der Waals surface area contributed by atoms with Gasteiger partial charge in [-0.1, -0.05) is 51.9 Å². The van der Waals surface area contributed by atoms with Crippen molar-refractivity contribution in [2.24, 2.45) is 17.8 Å². The third-order valence-corrected chi connectivity index (χ3v) is 8.80. The third kappa shape index (κ3) is 6.51. The number of nitriles is 1. The van der Waals surface area contributed by atoms with Crippen molar-refractivity contribution in [2.75, 3.05) is 39.4 Å². The molecule has 34 heavy (non-hydrogen) atoms. The third-order valence-electron chi connectivity index (χ3n) is 8.80. The zero-order valence-electron chi connectivity index (χ0n) is 21.1. The highest BCUT2D eigenvalue weighted by Crippen LogP contribution is 2.34. The van der Waals surface area contributed by atoms with E-state index < -0.39 is 5.54 Å². The SMILES string of the molecule is C[C@@H]1CCC[C@@H](N2CC[C@@](C#N)(NC(=O)[C@@H](CC(=O)N3CCOCC3)CC3CCCCC3)C2)C1. The van der Waals surface area contributed by atoms with Crippen LogP contribution < -0.4 is 5.32 Å². The minimum absolute atomic E-state index is 0.0505. The van der Waals surface area contributed by atoms with Gasteiger partial charge in [-0.05, 0) is 37.5 Å². The highest BCUT2D eigenvalue weighted by Gasteiger charge is 2.44. The minimum atomic E-state index is -0.829. The topological polar surface area (TPSA) is 85.7 Å². The molecule has 7 nitrogen and oxygen atoms in total. The lowest BCUT2D eigenvalue weighted by molar-refractivity contribution is -0.140. The van der Waals surface area contributed by atoms with Crippen LogP contribution in [0.3, 0.4) is 0 Å². The van der Waals surface area contributed by atoms with Crippen molar-refractivity contribution in [3.05, 3.63) is 0 Å². The summed E-state index contributed by atoms with van der Waals surface area (Å²) >= 11 is 0. The summed E-state index contributed by atoms with van der Waals surface area (Å²) in [7, 11) is 0. The van der Waals surface area contributed by atoms with Crippen LogP contribution in [0.15, 0.2) is 0 Å². The first kappa shape index (κ1) is 25.4. The Morgan fingerprint density at radius 1 is 1.09 bits per heavy atom. The predicted octanol–water partition coefficient (Wildman–Crippen LogP) is 3.48. The first-order valence-electron chi connectivity index (χ1n) is 13.8. The molecule has 2 heterocycles. The highest BCUT2D eigenvalue weighted by molar-refractivity contribution is 5.86. The Kier molecular flexibility index (Phi) is 8.87. The molecule has 0 aromatic carbocycles. The summed E-state index contributed by atoms with van der Waals surface area (Å²) in [6, 6.07) is 3.00. The maximum atomic E-state index is 13.6. The van der Waals surface area contributed by atoms with E-state index >= 15 is 0 Å². The van der Waals surface area contributed by atoms with E-state index in [1.165, 1.54) is 44.9 Å². The van der Waals surface area contributed by atoms with Crippen molar-refractivity contribution >= 4 is 11.8 Å². The standard InChI is InChI=1S/C27H44N4O3/c1-21-6-5-9-24(16-21)31-11-10-27(19-28,20-31)29-26(33)23(17-22-7-3-2-4-8-22)18-25(32)30-12-14-34-15-13-30/h21-24H,2-18,20H2,1H3,(H,29,33)/t21-,23-,24-,27+/m1/s1. The number of nitrogens with one attached hydrogen (secondary N) is 1. The summed E-state index contributed by atoms with van der Waals surface area (Å²) in [5.41, 5.74) is -0.829. The summed E-state index contributed by atoms with van der Waals surface area (Å²) in [5, 5.41) is 13.3. The van der Waals surface area contributed by atoms with Crippen LogP contribution in [0, 0.1) is 29.1 Å². The number of likely N-dealkylation sites (tertiary alicyclic amines) is 1. The second-order valence-corrected chi connectivity index (χ2v) is 11.5. The van der Waals surface area contributed by atoms with Crippen LogP contribution in [0.25, 0.3) is 0 Å². The fourth-order valence-electron chi connectivity index (χ4n) is 6.70. The zero-order valence-corrected chi connectivity index (χ0v) is 21.1. The van der Waals surface area contributed by atoms with Gasteiger partial charge in [-0.2, -0.15) is 5.26 Å². The summed E-state index contributed by atoms with van der Waals surface area (Å²) in [6.07, 6.45) is 12.6. The summed E-state index contributed by atoms with van der Waals surface area (Å²) < 4.78 is 5.39. The Bertz CT molecular complexity index is 741. The molecule has 1 N–H and O–H groups in total. The summed E-state index contributed by atoms with van der Waals surface area (Å²) in [5.74, 6) is 0.842. The van der Waals surface area contributed by atoms with E-state index in [0.29, 0.717) is 51.2 Å². The van der Waals surface area contributed by atoms with Gasteiger partial charge in [0.15, 0.2) is 0 Å². The van der Waals surface area contributed by atoms with Gasteiger partial charge in [0.1, 0.15) is 5.54 Å². The maximum Gasteiger partial charge on any atom is 0.224 e. The van der Waals surface area contributed by atoms with Crippen LogP contribution in [0.5, 0.6) is 0 Å². The Balaban J connectivity index is 1.40. The molecule has 2 saturated heterocycles. The van der Waals surface area contributed by atoms with Gasteiger partial charge in [-0.3, -0.25) is 14.5 Å². The molecule has 190 valence electrons. The van der Waals surface area contributed by atoms with Crippen LogP contribution in [-0.2, 0) is 14.3 Å². The lowest BCUT2D eigenvalue weighted by Crippen LogP contribution is -2.53. The Morgan fingerprint density at radius 3 is 2.56 bits per heavy atom. The summed E-state index contributed by atoms with van der Waals surface area (Å²) in [6.45, 7) is 6.14. The molecule has 2 saturated carbocycles. The number of rotatable bonds is 7. The molecule has 4 rings (SSSR count). The zero-order chi connectivity index (χ0) is 24.0. The Morgan fingerprint density at radius 2 is 1.85 bits per heavy atom.